The first-order valence-electron chi connectivity index (χ1n) is 7.20. The molecule has 0 spiro atoms. The molecule has 0 N–H and O–H groups in total. The zero-order valence-corrected chi connectivity index (χ0v) is 13.6. The Morgan fingerprint density at radius 3 is 1.52 bits per heavy atom. The molecule has 0 radical (unpaired) electrons. The molecule has 0 saturated carbocycles. The molecule has 0 saturated heterocycles. The summed E-state index contributed by atoms with van der Waals surface area (Å²) in [7, 11) is 0. The minimum atomic E-state index is -0.573. The number of benzene rings is 4. The van der Waals surface area contributed by atoms with Crippen LogP contribution in [-0.2, 0) is 0 Å². The number of hydrogen-bond acceptors (Lipinski definition) is 0. The van der Waals surface area contributed by atoms with Gasteiger partial charge in [0, 0.05) is 10.5 Å². The maximum absolute atomic E-state index is 13.7. The predicted octanol–water partition coefficient (Wildman–Crippen LogP) is 6.70. The second-order valence-corrected chi connectivity index (χ2v) is 6.23. The van der Waals surface area contributed by atoms with Crippen LogP contribution in [0.4, 0.5) is 8.78 Å². The van der Waals surface area contributed by atoms with Crippen molar-refractivity contribution >= 4 is 37.5 Å². The molecule has 0 unspecified atom stereocenters. The molecule has 0 bridgehead atoms. The van der Waals surface area contributed by atoms with Gasteiger partial charge in [0.25, 0.3) is 0 Å². The molecule has 0 atom stereocenters. The smallest absolute Gasteiger partial charge is 0.126 e. The fourth-order valence-electron chi connectivity index (χ4n) is 3.08. The standard InChI is InChI=1S/C20H11BrF2/c21-20-17-7-3-1-5-15(17)19(16-6-2-4-8-18(16)20)12-9-13(22)11-14(23)10-12/h1-11H. The van der Waals surface area contributed by atoms with Crippen molar-refractivity contribution in [1.29, 1.82) is 0 Å². The average molecular weight is 369 g/mol. The third-order valence-corrected chi connectivity index (χ3v) is 4.87. The molecule has 0 aliphatic rings. The average Bonchev–Trinajstić information content (AvgIpc) is 2.54. The van der Waals surface area contributed by atoms with Crippen molar-refractivity contribution in [2.75, 3.05) is 0 Å². The van der Waals surface area contributed by atoms with Crippen LogP contribution in [0, 0.1) is 11.6 Å². The van der Waals surface area contributed by atoms with Gasteiger partial charge in [-0.1, -0.05) is 48.5 Å². The molecular formula is C20H11BrF2. The van der Waals surface area contributed by atoms with Crippen molar-refractivity contribution in [2.45, 2.75) is 0 Å². The number of halogens is 3. The maximum atomic E-state index is 13.7. The van der Waals surface area contributed by atoms with Gasteiger partial charge in [0.15, 0.2) is 0 Å². The molecule has 112 valence electrons. The lowest BCUT2D eigenvalue weighted by atomic mass is 9.92. The molecule has 0 nitrogen and oxygen atoms in total. The van der Waals surface area contributed by atoms with Crippen molar-refractivity contribution < 1.29 is 8.78 Å². The van der Waals surface area contributed by atoms with Gasteiger partial charge >= 0.3 is 0 Å². The topological polar surface area (TPSA) is 0 Å². The van der Waals surface area contributed by atoms with E-state index in [4.69, 9.17) is 0 Å². The Morgan fingerprint density at radius 2 is 1.04 bits per heavy atom. The van der Waals surface area contributed by atoms with Crippen LogP contribution in [-0.4, -0.2) is 0 Å². The van der Waals surface area contributed by atoms with Crippen LogP contribution in [0.25, 0.3) is 32.7 Å². The minimum absolute atomic E-state index is 0.544. The SMILES string of the molecule is Fc1cc(F)cc(-c2c3ccccc3c(Br)c3ccccc23)c1. The maximum Gasteiger partial charge on any atom is 0.126 e. The summed E-state index contributed by atoms with van der Waals surface area (Å²) in [4.78, 5) is 0. The van der Waals surface area contributed by atoms with E-state index >= 15 is 0 Å². The highest BCUT2D eigenvalue weighted by molar-refractivity contribution is 9.10. The Hall–Kier alpha value is -2.26. The summed E-state index contributed by atoms with van der Waals surface area (Å²) in [6.45, 7) is 0. The summed E-state index contributed by atoms with van der Waals surface area (Å²) in [6, 6.07) is 19.4. The monoisotopic (exact) mass is 368 g/mol. The summed E-state index contributed by atoms with van der Waals surface area (Å²) in [5.41, 5.74) is 1.39. The van der Waals surface area contributed by atoms with Crippen molar-refractivity contribution in [3.8, 4) is 11.1 Å². The molecule has 0 aliphatic carbocycles. The van der Waals surface area contributed by atoms with Crippen LogP contribution in [0.15, 0.2) is 71.2 Å². The van der Waals surface area contributed by atoms with Gasteiger partial charge in [0.2, 0.25) is 0 Å². The fraction of sp³-hybridized carbons (Fsp3) is 0. The Balaban J connectivity index is 2.25. The van der Waals surface area contributed by atoms with Crippen LogP contribution in [0.2, 0.25) is 0 Å². The highest BCUT2D eigenvalue weighted by Crippen LogP contribution is 2.41. The van der Waals surface area contributed by atoms with Crippen molar-refractivity contribution in [3.63, 3.8) is 0 Å². The van der Waals surface area contributed by atoms with E-state index in [-0.39, 0.29) is 0 Å². The Labute approximate surface area is 140 Å². The van der Waals surface area contributed by atoms with Gasteiger partial charge < -0.3 is 0 Å². The van der Waals surface area contributed by atoms with Crippen LogP contribution in [0.3, 0.4) is 0 Å². The quantitative estimate of drug-likeness (QED) is 0.328. The molecule has 0 amide bonds. The van der Waals surface area contributed by atoms with E-state index < -0.39 is 11.6 Å². The minimum Gasteiger partial charge on any atom is -0.207 e. The van der Waals surface area contributed by atoms with Crippen LogP contribution in [0.5, 0.6) is 0 Å². The number of rotatable bonds is 1. The molecule has 23 heavy (non-hydrogen) atoms. The second kappa shape index (κ2) is 5.43. The Bertz CT molecular complexity index is 977. The molecular weight excluding hydrogens is 358 g/mol. The van der Waals surface area contributed by atoms with Crippen molar-refractivity contribution in [1.82, 2.24) is 0 Å². The van der Waals surface area contributed by atoms with Crippen LogP contribution < -0.4 is 0 Å². The van der Waals surface area contributed by atoms with Gasteiger partial charge in [-0.15, -0.1) is 0 Å². The predicted molar refractivity (Wildman–Crippen MR) is 94.5 cm³/mol. The van der Waals surface area contributed by atoms with Gasteiger partial charge in [0.1, 0.15) is 11.6 Å². The lowest BCUT2D eigenvalue weighted by molar-refractivity contribution is 0.584. The first kappa shape index (κ1) is 14.3. The second-order valence-electron chi connectivity index (χ2n) is 5.44. The van der Waals surface area contributed by atoms with Crippen LogP contribution in [0.1, 0.15) is 0 Å². The third kappa shape index (κ3) is 2.32. The highest BCUT2D eigenvalue weighted by Gasteiger charge is 2.14. The number of hydrogen-bond donors (Lipinski definition) is 0. The summed E-state index contributed by atoms with van der Waals surface area (Å²) in [5.74, 6) is -1.15. The Morgan fingerprint density at radius 1 is 0.609 bits per heavy atom. The normalized spacial score (nSPS) is 11.3. The molecule has 0 heterocycles. The van der Waals surface area contributed by atoms with E-state index in [0.29, 0.717) is 5.56 Å². The molecule has 0 aliphatic heterocycles. The summed E-state index contributed by atoms with van der Waals surface area (Å²) < 4.78 is 28.5. The fourth-order valence-corrected chi connectivity index (χ4v) is 3.78. The molecule has 3 heteroatoms. The highest BCUT2D eigenvalue weighted by atomic mass is 79.9. The summed E-state index contributed by atoms with van der Waals surface area (Å²) >= 11 is 3.67. The molecule has 4 aromatic rings. The van der Waals surface area contributed by atoms with Gasteiger partial charge in [-0.25, -0.2) is 8.78 Å². The molecule has 0 fully saturated rings. The van der Waals surface area contributed by atoms with Crippen molar-refractivity contribution in [2.24, 2.45) is 0 Å². The van der Waals surface area contributed by atoms with Gasteiger partial charge in [-0.2, -0.15) is 0 Å². The first-order chi connectivity index (χ1) is 11.1. The van der Waals surface area contributed by atoms with E-state index in [2.05, 4.69) is 15.9 Å². The van der Waals surface area contributed by atoms with Gasteiger partial charge in [0.05, 0.1) is 0 Å². The molecule has 4 aromatic carbocycles. The zero-order valence-electron chi connectivity index (χ0n) is 12.0. The molecule has 4 rings (SSSR count). The van der Waals surface area contributed by atoms with Crippen LogP contribution >= 0.6 is 15.9 Å². The van der Waals surface area contributed by atoms with Gasteiger partial charge in [-0.3, -0.25) is 0 Å². The summed E-state index contributed by atoms with van der Waals surface area (Å²) in [5, 5.41) is 3.96. The van der Waals surface area contributed by atoms with E-state index in [1.165, 1.54) is 12.1 Å². The van der Waals surface area contributed by atoms with Crippen molar-refractivity contribution in [3.05, 3.63) is 82.8 Å². The largest absolute Gasteiger partial charge is 0.207 e. The summed E-state index contributed by atoms with van der Waals surface area (Å²) in [6.07, 6.45) is 0. The van der Waals surface area contributed by atoms with E-state index in [1.54, 1.807) is 0 Å². The Kier molecular flexibility index (Phi) is 3.38. The van der Waals surface area contributed by atoms with E-state index in [0.717, 1.165) is 37.6 Å². The third-order valence-electron chi connectivity index (χ3n) is 4.02. The lowest BCUT2D eigenvalue weighted by Crippen LogP contribution is -1.89. The van der Waals surface area contributed by atoms with E-state index in [9.17, 15) is 8.78 Å². The van der Waals surface area contributed by atoms with Gasteiger partial charge in [-0.05, 0) is 60.7 Å². The molecule has 0 aromatic heterocycles. The first-order valence-corrected chi connectivity index (χ1v) is 8.00. The zero-order chi connectivity index (χ0) is 16.0. The number of fused-ring (bicyclic) bond motifs is 2. The lowest BCUT2D eigenvalue weighted by Gasteiger charge is -2.14. The van der Waals surface area contributed by atoms with E-state index in [1.807, 2.05) is 48.5 Å².